The lowest BCUT2D eigenvalue weighted by atomic mass is 10.2. The summed E-state index contributed by atoms with van der Waals surface area (Å²) in [7, 11) is -0.696. The molecule has 0 aromatic heterocycles. The van der Waals surface area contributed by atoms with Gasteiger partial charge in [0, 0.05) is 31.7 Å². The minimum absolute atomic E-state index is 0.0968. The lowest BCUT2D eigenvalue weighted by Gasteiger charge is -2.16. The Morgan fingerprint density at radius 1 is 1.15 bits per heavy atom. The van der Waals surface area contributed by atoms with Crippen LogP contribution in [0.2, 0.25) is 5.02 Å². The molecule has 2 rings (SSSR count). The first-order valence-electron chi connectivity index (χ1n) is 8.29. The van der Waals surface area contributed by atoms with Gasteiger partial charge in [-0.05, 0) is 42.8 Å². The van der Waals surface area contributed by atoms with Gasteiger partial charge in [-0.1, -0.05) is 29.8 Å². The van der Waals surface area contributed by atoms with E-state index in [0.717, 1.165) is 4.31 Å². The van der Waals surface area contributed by atoms with Crippen LogP contribution in [0.15, 0.2) is 53.4 Å². The van der Waals surface area contributed by atoms with E-state index in [1.54, 1.807) is 30.3 Å². The summed E-state index contributed by atoms with van der Waals surface area (Å²) in [5.41, 5.74) is 1.73. The molecule has 0 aliphatic rings. The third-order valence-corrected chi connectivity index (χ3v) is 5.87. The number of sulfonamides is 1. The molecule has 0 heterocycles. The molecule has 0 aliphatic carbocycles. The lowest BCUT2D eigenvalue weighted by Crippen LogP contribution is -2.22. The van der Waals surface area contributed by atoms with Crippen molar-refractivity contribution in [3.05, 3.63) is 59.1 Å². The Balaban J connectivity index is 2.30. The fourth-order valence-corrected chi connectivity index (χ4v) is 3.42. The van der Waals surface area contributed by atoms with Gasteiger partial charge in [-0.3, -0.25) is 4.79 Å². The molecule has 6 nitrogen and oxygen atoms in total. The Morgan fingerprint density at radius 3 is 2.48 bits per heavy atom. The molecule has 2 aromatic carbocycles. The second kappa shape index (κ2) is 9.03. The predicted molar refractivity (Wildman–Crippen MR) is 111 cm³/mol. The summed E-state index contributed by atoms with van der Waals surface area (Å²) in [5, 5.41) is 6.36. The summed E-state index contributed by atoms with van der Waals surface area (Å²) in [6, 6.07) is 11.7. The number of rotatable bonds is 7. The van der Waals surface area contributed by atoms with Gasteiger partial charge in [-0.25, -0.2) is 12.7 Å². The minimum Gasteiger partial charge on any atom is -0.384 e. The highest BCUT2D eigenvalue weighted by atomic mass is 35.5. The molecule has 0 atom stereocenters. The fraction of sp³-hybridized carbons (Fsp3) is 0.211. The molecule has 1 amide bonds. The molecule has 0 bridgehead atoms. The van der Waals surface area contributed by atoms with Crippen molar-refractivity contribution in [2.45, 2.75) is 11.8 Å². The van der Waals surface area contributed by atoms with Crippen molar-refractivity contribution in [3.8, 4) is 0 Å². The van der Waals surface area contributed by atoms with Crippen molar-refractivity contribution in [2.75, 3.05) is 31.3 Å². The van der Waals surface area contributed by atoms with Crippen LogP contribution in [0.4, 0.5) is 11.4 Å². The van der Waals surface area contributed by atoms with Crippen LogP contribution in [0, 0.1) is 0 Å². The first-order valence-corrected chi connectivity index (χ1v) is 10.1. The smallest absolute Gasteiger partial charge is 0.248 e. The van der Waals surface area contributed by atoms with E-state index in [0.29, 0.717) is 28.5 Å². The zero-order chi connectivity index (χ0) is 20.0. The number of anilines is 2. The van der Waals surface area contributed by atoms with Crippen LogP contribution in [0.25, 0.3) is 6.08 Å². The molecule has 27 heavy (non-hydrogen) atoms. The number of benzene rings is 2. The van der Waals surface area contributed by atoms with Crippen LogP contribution in [0.1, 0.15) is 12.5 Å². The van der Waals surface area contributed by atoms with E-state index >= 15 is 0 Å². The number of hydrogen-bond donors (Lipinski definition) is 2. The summed E-state index contributed by atoms with van der Waals surface area (Å²) in [4.78, 5) is 12.4. The number of carbonyl (C=O) groups excluding carboxylic acids is 1. The topological polar surface area (TPSA) is 78.5 Å². The molecule has 0 saturated carbocycles. The van der Waals surface area contributed by atoms with E-state index in [1.807, 2.05) is 13.0 Å². The molecule has 0 unspecified atom stereocenters. The number of hydrogen-bond acceptors (Lipinski definition) is 4. The summed E-state index contributed by atoms with van der Waals surface area (Å²) in [6.07, 6.45) is 2.95. The van der Waals surface area contributed by atoms with Crippen LogP contribution in [-0.2, 0) is 14.8 Å². The van der Waals surface area contributed by atoms with Gasteiger partial charge in [0.05, 0.1) is 16.3 Å². The second-order valence-electron chi connectivity index (χ2n) is 5.87. The Labute approximate surface area is 164 Å². The van der Waals surface area contributed by atoms with Gasteiger partial charge in [0.2, 0.25) is 15.9 Å². The molecule has 2 N–H and O–H groups in total. The third-order valence-electron chi connectivity index (χ3n) is 3.71. The van der Waals surface area contributed by atoms with Crippen LogP contribution in [0.5, 0.6) is 0 Å². The van der Waals surface area contributed by atoms with Crippen LogP contribution < -0.4 is 10.6 Å². The highest BCUT2D eigenvalue weighted by molar-refractivity contribution is 7.89. The SMILES string of the molecule is CCNc1ccc(S(=O)(=O)N(C)C)cc1NC(=O)/C=C/c1ccccc1Cl. The number of amides is 1. The second-order valence-corrected chi connectivity index (χ2v) is 8.43. The maximum atomic E-state index is 12.4. The molecule has 0 aliphatic heterocycles. The number of halogens is 1. The largest absolute Gasteiger partial charge is 0.384 e. The normalized spacial score (nSPS) is 11.7. The van der Waals surface area contributed by atoms with Gasteiger partial charge in [0.25, 0.3) is 0 Å². The fourth-order valence-electron chi connectivity index (χ4n) is 2.29. The van der Waals surface area contributed by atoms with Gasteiger partial charge >= 0.3 is 0 Å². The van der Waals surface area contributed by atoms with Gasteiger partial charge in [-0.2, -0.15) is 0 Å². The van der Waals surface area contributed by atoms with Crippen LogP contribution in [-0.4, -0.2) is 39.3 Å². The van der Waals surface area contributed by atoms with Crippen LogP contribution >= 0.6 is 11.6 Å². The zero-order valence-corrected chi connectivity index (χ0v) is 16.9. The van der Waals surface area contributed by atoms with Crippen molar-refractivity contribution in [1.29, 1.82) is 0 Å². The van der Waals surface area contributed by atoms with Gasteiger partial charge in [-0.15, -0.1) is 0 Å². The quantitative estimate of drug-likeness (QED) is 0.686. The van der Waals surface area contributed by atoms with Crippen molar-refractivity contribution in [1.82, 2.24) is 4.31 Å². The van der Waals surface area contributed by atoms with Gasteiger partial charge in [0.15, 0.2) is 0 Å². The van der Waals surface area contributed by atoms with E-state index in [9.17, 15) is 13.2 Å². The molecular weight excluding hydrogens is 386 g/mol. The summed E-state index contributed by atoms with van der Waals surface area (Å²) >= 11 is 6.07. The van der Waals surface area contributed by atoms with Crippen molar-refractivity contribution in [3.63, 3.8) is 0 Å². The Morgan fingerprint density at radius 2 is 1.85 bits per heavy atom. The molecular formula is C19H22ClN3O3S. The van der Waals surface area contributed by atoms with E-state index in [-0.39, 0.29) is 4.90 Å². The molecule has 144 valence electrons. The first-order chi connectivity index (χ1) is 12.8. The number of carbonyl (C=O) groups is 1. The lowest BCUT2D eigenvalue weighted by molar-refractivity contribution is -0.111. The highest BCUT2D eigenvalue weighted by Crippen LogP contribution is 2.27. The number of nitrogens with one attached hydrogen (secondary N) is 2. The minimum atomic E-state index is -3.61. The molecule has 0 saturated heterocycles. The van der Waals surface area contributed by atoms with E-state index < -0.39 is 15.9 Å². The highest BCUT2D eigenvalue weighted by Gasteiger charge is 2.19. The predicted octanol–water partition coefficient (Wildman–Crippen LogP) is 3.67. The van der Waals surface area contributed by atoms with E-state index in [1.165, 1.54) is 32.3 Å². The van der Waals surface area contributed by atoms with Crippen LogP contribution in [0.3, 0.4) is 0 Å². The summed E-state index contributed by atoms with van der Waals surface area (Å²) in [6.45, 7) is 2.53. The summed E-state index contributed by atoms with van der Waals surface area (Å²) < 4.78 is 25.8. The average molecular weight is 408 g/mol. The average Bonchev–Trinajstić information content (AvgIpc) is 2.62. The van der Waals surface area contributed by atoms with Crippen molar-refractivity contribution >= 4 is 45.0 Å². The molecule has 0 spiro atoms. The molecule has 0 fully saturated rings. The van der Waals surface area contributed by atoms with Crippen molar-refractivity contribution < 1.29 is 13.2 Å². The zero-order valence-electron chi connectivity index (χ0n) is 15.4. The van der Waals surface area contributed by atoms with Crippen molar-refractivity contribution in [2.24, 2.45) is 0 Å². The Hall–Kier alpha value is -2.35. The van der Waals surface area contributed by atoms with E-state index in [2.05, 4.69) is 10.6 Å². The monoisotopic (exact) mass is 407 g/mol. The van der Waals surface area contributed by atoms with E-state index in [4.69, 9.17) is 11.6 Å². The molecule has 0 radical (unpaired) electrons. The standard InChI is InChI=1S/C19H22ClN3O3S/c1-4-21-17-11-10-15(27(25,26)23(2)3)13-18(17)22-19(24)12-9-14-7-5-6-8-16(14)20/h5-13,21H,4H2,1-3H3,(H,22,24)/b12-9+. The van der Waals surface area contributed by atoms with Gasteiger partial charge < -0.3 is 10.6 Å². The Kier molecular flexibility index (Phi) is 7.01. The molecule has 8 heteroatoms. The maximum absolute atomic E-state index is 12.4. The molecule has 2 aromatic rings. The number of nitrogens with zero attached hydrogens (tertiary/aromatic N) is 1. The maximum Gasteiger partial charge on any atom is 0.248 e. The van der Waals surface area contributed by atoms with Gasteiger partial charge in [0.1, 0.15) is 0 Å². The summed E-state index contributed by atoms with van der Waals surface area (Å²) in [5.74, 6) is -0.395. The first kappa shape index (κ1) is 21.0. The third kappa shape index (κ3) is 5.32. The Bertz CT molecular complexity index is 956.